The Bertz CT molecular complexity index is 532. The second kappa shape index (κ2) is 4.81. The van der Waals surface area contributed by atoms with Crippen molar-refractivity contribution in [1.82, 2.24) is 19.3 Å². The molecule has 0 aliphatic carbocycles. The Balaban J connectivity index is 1.67. The highest BCUT2D eigenvalue weighted by atomic mass is 16.5. The lowest BCUT2D eigenvalue weighted by Crippen LogP contribution is -2.25. The molecule has 6 heteroatoms. The Morgan fingerprint density at radius 1 is 1.33 bits per heavy atom. The van der Waals surface area contributed by atoms with Gasteiger partial charge in [0.25, 0.3) is 5.88 Å². The fourth-order valence-corrected chi connectivity index (χ4v) is 2.30. The minimum Gasteiger partial charge on any atom is -0.474 e. The normalized spacial score (nSPS) is 16.4. The van der Waals surface area contributed by atoms with Crippen molar-refractivity contribution in [1.29, 1.82) is 0 Å². The summed E-state index contributed by atoms with van der Waals surface area (Å²) in [6.07, 6.45) is 7.86. The quantitative estimate of drug-likeness (QED) is 0.865. The van der Waals surface area contributed by atoms with Gasteiger partial charge in [-0.1, -0.05) is 0 Å². The Morgan fingerprint density at radius 2 is 2.17 bits per heavy atom. The molecule has 2 aromatic heterocycles. The van der Waals surface area contributed by atoms with Crippen LogP contribution in [-0.4, -0.2) is 45.5 Å². The largest absolute Gasteiger partial charge is 0.474 e. The van der Waals surface area contributed by atoms with Gasteiger partial charge in [-0.15, -0.1) is 0 Å². The standard InChI is InChI=1S/C12H17N5O/c13-10-9-17-6-3-14-11(17)12(15-10)18-8-7-16-4-1-2-5-16/h3,6,9H,1-2,4-5,7-8,13H2. The number of nitrogens with two attached hydrogens (primary N) is 1. The van der Waals surface area contributed by atoms with Crippen LogP contribution in [0.25, 0.3) is 5.65 Å². The Kier molecular flexibility index (Phi) is 3.02. The van der Waals surface area contributed by atoms with Crippen molar-refractivity contribution in [3.05, 3.63) is 18.6 Å². The maximum atomic E-state index is 5.73. The van der Waals surface area contributed by atoms with Crippen LogP contribution < -0.4 is 10.5 Å². The zero-order valence-electron chi connectivity index (χ0n) is 10.2. The molecule has 1 aliphatic heterocycles. The molecule has 0 atom stereocenters. The molecule has 0 radical (unpaired) electrons. The maximum Gasteiger partial charge on any atom is 0.260 e. The number of likely N-dealkylation sites (tertiary alicyclic amines) is 1. The highest BCUT2D eigenvalue weighted by molar-refractivity contribution is 5.52. The molecule has 96 valence electrons. The van der Waals surface area contributed by atoms with Crippen molar-refractivity contribution in [2.45, 2.75) is 12.8 Å². The number of anilines is 1. The van der Waals surface area contributed by atoms with E-state index in [1.807, 2.05) is 10.6 Å². The summed E-state index contributed by atoms with van der Waals surface area (Å²) in [5.74, 6) is 0.955. The summed E-state index contributed by atoms with van der Waals surface area (Å²) in [4.78, 5) is 10.8. The van der Waals surface area contributed by atoms with Crippen LogP contribution in [0.5, 0.6) is 5.88 Å². The zero-order valence-corrected chi connectivity index (χ0v) is 10.2. The molecule has 0 amide bonds. The van der Waals surface area contributed by atoms with E-state index in [9.17, 15) is 0 Å². The molecular weight excluding hydrogens is 230 g/mol. The minimum atomic E-state index is 0.441. The molecule has 0 saturated carbocycles. The molecule has 6 nitrogen and oxygen atoms in total. The van der Waals surface area contributed by atoms with Gasteiger partial charge in [-0.05, 0) is 25.9 Å². The first-order valence-electron chi connectivity index (χ1n) is 6.27. The number of fused-ring (bicyclic) bond motifs is 1. The van der Waals surface area contributed by atoms with Crippen LogP contribution in [0.3, 0.4) is 0 Å². The first kappa shape index (κ1) is 11.3. The molecule has 2 aromatic rings. The molecule has 3 heterocycles. The Labute approximate surface area is 105 Å². The van der Waals surface area contributed by atoms with Crippen molar-refractivity contribution in [3.8, 4) is 5.88 Å². The van der Waals surface area contributed by atoms with Gasteiger partial charge in [-0.3, -0.25) is 9.30 Å². The number of hydrogen-bond donors (Lipinski definition) is 1. The van der Waals surface area contributed by atoms with Crippen LogP contribution in [0.15, 0.2) is 18.6 Å². The van der Waals surface area contributed by atoms with Crippen molar-refractivity contribution < 1.29 is 4.74 Å². The number of ether oxygens (including phenoxy) is 1. The third kappa shape index (κ3) is 2.24. The predicted octanol–water partition coefficient (Wildman–Crippen LogP) is 0.786. The van der Waals surface area contributed by atoms with E-state index in [0.29, 0.717) is 24.0 Å². The fraction of sp³-hybridized carbons (Fsp3) is 0.500. The molecule has 1 saturated heterocycles. The van der Waals surface area contributed by atoms with E-state index in [2.05, 4.69) is 14.9 Å². The van der Waals surface area contributed by atoms with Crippen molar-refractivity contribution >= 4 is 11.5 Å². The molecule has 0 bridgehead atoms. The van der Waals surface area contributed by atoms with Crippen LogP contribution in [0.1, 0.15) is 12.8 Å². The third-order valence-electron chi connectivity index (χ3n) is 3.21. The van der Waals surface area contributed by atoms with E-state index in [1.54, 1.807) is 12.4 Å². The van der Waals surface area contributed by atoms with E-state index >= 15 is 0 Å². The van der Waals surface area contributed by atoms with E-state index in [1.165, 1.54) is 25.9 Å². The molecule has 2 N–H and O–H groups in total. The Hall–Kier alpha value is -1.82. The van der Waals surface area contributed by atoms with Gasteiger partial charge in [0.1, 0.15) is 12.4 Å². The molecule has 1 fully saturated rings. The van der Waals surface area contributed by atoms with Gasteiger partial charge in [0, 0.05) is 18.9 Å². The summed E-state index contributed by atoms with van der Waals surface area (Å²) in [5.41, 5.74) is 6.44. The van der Waals surface area contributed by atoms with Crippen LogP contribution >= 0.6 is 0 Å². The summed E-state index contributed by atoms with van der Waals surface area (Å²) in [5, 5.41) is 0. The summed E-state index contributed by atoms with van der Waals surface area (Å²) in [6.45, 7) is 3.90. The van der Waals surface area contributed by atoms with Gasteiger partial charge in [0.15, 0.2) is 0 Å². The second-order valence-electron chi connectivity index (χ2n) is 4.53. The molecule has 0 spiro atoms. The topological polar surface area (TPSA) is 68.7 Å². The monoisotopic (exact) mass is 247 g/mol. The SMILES string of the molecule is Nc1cn2ccnc2c(OCCN2CCCC2)n1. The highest BCUT2D eigenvalue weighted by Gasteiger charge is 2.12. The average molecular weight is 247 g/mol. The number of nitrogen functional groups attached to an aromatic ring is 1. The van der Waals surface area contributed by atoms with Crippen LogP contribution in [-0.2, 0) is 0 Å². The van der Waals surface area contributed by atoms with Crippen molar-refractivity contribution in [2.24, 2.45) is 0 Å². The van der Waals surface area contributed by atoms with Crippen LogP contribution in [0.4, 0.5) is 5.82 Å². The first-order valence-corrected chi connectivity index (χ1v) is 6.27. The van der Waals surface area contributed by atoms with Gasteiger partial charge in [-0.25, -0.2) is 4.98 Å². The Morgan fingerprint density at radius 3 is 3.00 bits per heavy atom. The highest BCUT2D eigenvalue weighted by Crippen LogP contribution is 2.17. The first-order chi connectivity index (χ1) is 8.83. The average Bonchev–Trinajstić information content (AvgIpc) is 2.98. The summed E-state index contributed by atoms with van der Waals surface area (Å²) in [6, 6.07) is 0. The van der Waals surface area contributed by atoms with Gasteiger partial charge < -0.3 is 10.5 Å². The predicted molar refractivity (Wildman–Crippen MR) is 68.6 cm³/mol. The van der Waals surface area contributed by atoms with E-state index in [4.69, 9.17) is 10.5 Å². The van der Waals surface area contributed by atoms with Gasteiger partial charge in [0.05, 0.1) is 6.20 Å². The fourth-order valence-electron chi connectivity index (χ4n) is 2.30. The van der Waals surface area contributed by atoms with Gasteiger partial charge >= 0.3 is 0 Å². The number of imidazole rings is 1. The lowest BCUT2D eigenvalue weighted by Gasteiger charge is -2.14. The molecule has 0 aromatic carbocycles. The van der Waals surface area contributed by atoms with Crippen LogP contribution in [0.2, 0.25) is 0 Å². The smallest absolute Gasteiger partial charge is 0.260 e. The minimum absolute atomic E-state index is 0.441. The lowest BCUT2D eigenvalue weighted by atomic mass is 10.4. The summed E-state index contributed by atoms with van der Waals surface area (Å²) < 4.78 is 7.53. The lowest BCUT2D eigenvalue weighted by molar-refractivity contribution is 0.233. The van der Waals surface area contributed by atoms with Gasteiger partial charge in [0.2, 0.25) is 5.65 Å². The van der Waals surface area contributed by atoms with Crippen LogP contribution in [0, 0.1) is 0 Å². The van der Waals surface area contributed by atoms with E-state index < -0.39 is 0 Å². The number of aromatic nitrogens is 3. The van der Waals surface area contributed by atoms with Crippen molar-refractivity contribution in [2.75, 3.05) is 32.0 Å². The number of rotatable bonds is 4. The van der Waals surface area contributed by atoms with E-state index in [0.717, 1.165) is 6.54 Å². The number of nitrogens with zero attached hydrogens (tertiary/aromatic N) is 4. The number of hydrogen-bond acceptors (Lipinski definition) is 5. The van der Waals surface area contributed by atoms with E-state index in [-0.39, 0.29) is 0 Å². The molecule has 18 heavy (non-hydrogen) atoms. The second-order valence-corrected chi connectivity index (χ2v) is 4.53. The van der Waals surface area contributed by atoms with Crippen molar-refractivity contribution in [3.63, 3.8) is 0 Å². The molecular formula is C12H17N5O. The van der Waals surface area contributed by atoms with Gasteiger partial charge in [-0.2, -0.15) is 4.98 Å². The molecule has 3 rings (SSSR count). The molecule has 1 aliphatic rings. The molecule has 0 unspecified atom stereocenters. The zero-order chi connectivity index (χ0) is 12.4. The summed E-state index contributed by atoms with van der Waals surface area (Å²) in [7, 11) is 0. The summed E-state index contributed by atoms with van der Waals surface area (Å²) >= 11 is 0. The third-order valence-corrected chi connectivity index (χ3v) is 3.21. The maximum absolute atomic E-state index is 5.73.